The number of hydrogen-bond donors (Lipinski definition) is 2. The van der Waals surface area contributed by atoms with E-state index in [2.05, 4.69) is 28.5 Å². The maximum Gasteiger partial charge on any atom is 0.283 e. The zero-order chi connectivity index (χ0) is 19.9. The highest BCUT2D eigenvalue weighted by Gasteiger charge is 2.27. The van der Waals surface area contributed by atoms with Gasteiger partial charge >= 0.3 is 0 Å². The number of benzene rings is 1. The van der Waals surface area contributed by atoms with E-state index in [1.54, 1.807) is 42.7 Å². The lowest BCUT2D eigenvalue weighted by atomic mass is 10.2. The van der Waals surface area contributed by atoms with Crippen LogP contribution in [-0.4, -0.2) is 28.7 Å². The van der Waals surface area contributed by atoms with Gasteiger partial charge in [-0.05, 0) is 49.7 Å². The first-order chi connectivity index (χ1) is 13.6. The molecule has 2 aromatic heterocycles. The normalized spacial score (nSPS) is 12.9. The van der Waals surface area contributed by atoms with E-state index in [4.69, 9.17) is 14.1 Å². The minimum absolute atomic E-state index is 0.112. The lowest BCUT2D eigenvalue weighted by Gasteiger charge is -2.23. The van der Waals surface area contributed by atoms with Crippen LogP contribution in [-0.2, 0) is 11.3 Å². The number of nitriles is 1. The molecule has 1 aromatic carbocycles. The van der Waals surface area contributed by atoms with Crippen molar-refractivity contribution in [1.82, 2.24) is 10.2 Å². The zero-order valence-corrected chi connectivity index (χ0v) is 15.8. The molecular weight excluding hydrogens is 358 g/mol. The summed E-state index contributed by atoms with van der Waals surface area (Å²) in [5, 5.41) is 19.8. The van der Waals surface area contributed by atoms with Gasteiger partial charge in [0, 0.05) is 5.69 Å². The molecule has 8 heteroatoms. The van der Waals surface area contributed by atoms with Gasteiger partial charge in [-0.25, -0.2) is 0 Å². The number of nitrogens with zero attached hydrogens (tertiary/aromatic N) is 3. The predicted molar refractivity (Wildman–Crippen MR) is 101 cm³/mol. The number of carbonyl (C=O) groups excluding carboxylic acids is 1. The van der Waals surface area contributed by atoms with Crippen molar-refractivity contribution in [1.29, 1.82) is 5.26 Å². The minimum Gasteiger partial charge on any atom is -0.459 e. The average Bonchev–Trinajstić information content (AvgIpc) is 3.39. The molecule has 144 valence electrons. The van der Waals surface area contributed by atoms with E-state index in [1.807, 2.05) is 6.92 Å². The lowest BCUT2D eigenvalue weighted by Crippen LogP contribution is -3.15. The number of carbonyl (C=O) groups is 1. The molecule has 2 atom stereocenters. The van der Waals surface area contributed by atoms with Crippen LogP contribution in [0, 0.1) is 11.3 Å². The van der Waals surface area contributed by atoms with Crippen LogP contribution in [0.3, 0.4) is 0 Å². The van der Waals surface area contributed by atoms with Crippen molar-refractivity contribution in [2.45, 2.75) is 32.9 Å². The van der Waals surface area contributed by atoms with Gasteiger partial charge in [0.2, 0.25) is 0 Å². The molecule has 0 bridgehead atoms. The van der Waals surface area contributed by atoms with Crippen LogP contribution in [0.2, 0.25) is 0 Å². The number of amides is 1. The molecular formula is C20H22N5O3+. The van der Waals surface area contributed by atoms with Crippen LogP contribution in [0.1, 0.15) is 31.7 Å². The van der Waals surface area contributed by atoms with Crippen LogP contribution in [0.15, 0.2) is 51.5 Å². The second-order valence-electron chi connectivity index (χ2n) is 6.46. The van der Waals surface area contributed by atoms with Gasteiger partial charge < -0.3 is 19.1 Å². The molecule has 0 aliphatic rings. The summed E-state index contributed by atoms with van der Waals surface area (Å²) in [7, 11) is 0. The molecule has 3 aromatic rings. The topological polar surface area (TPSA) is 109 Å². The van der Waals surface area contributed by atoms with E-state index in [0.29, 0.717) is 35.3 Å². The number of rotatable bonds is 8. The lowest BCUT2D eigenvalue weighted by molar-refractivity contribution is -0.928. The van der Waals surface area contributed by atoms with Crippen LogP contribution in [0.4, 0.5) is 5.69 Å². The molecule has 2 heterocycles. The van der Waals surface area contributed by atoms with Crippen molar-refractivity contribution in [3.8, 4) is 17.7 Å². The number of furan rings is 1. The van der Waals surface area contributed by atoms with Crippen molar-refractivity contribution >= 4 is 11.6 Å². The zero-order valence-electron chi connectivity index (χ0n) is 15.8. The number of aromatic nitrogens is 2. The van der Waals surface area contributed by atoms with Crippen LogP contribution >= 0.6 is 0 Å². The van der Waals surface area contributed by atoms with Crippen molar-refractivity contribution < 1.29 is 18.5 Å². The minimum atomic E-state index is -0.324. The third-order valence-electron chi connectivity index (χ3n) is 4.44. The molecule has 28 heavy (non-hydrogen) atoms. The fourth-order valence-corrected chi connectivity index (χ4v) is 2.86. The van der Waals surface area contributed by atoms with E-state index < -0.39 is 0 Å². The fourth-order valence-electron chi connectivity index (χ4n) is 2.86. The molecule has 2 N–H and O–H groups in total. The third-order valence-corrected chi connectivity index (χ3v) is 4.44. The average molecular weight is 380 g/mol. The summed E-state index contributed by atoms with van der Waals surface area (Å²) in [4.78, 5) is 13.7. The molecule has 0 saturated heterocycles. The van der Waals surface area contributed by atoms with Gasteiger partial charge in [0.25, 0.3) is 17.7 Å². The second kappa shape index (κ2) is 8.97. The van der Waals surface area contributed by atoms with E-state index >= 15 is 0 Å². The molecule has 0 aliphatic heterocycles. The molecule has 0 spiro atoms. The SMILES string of the molecule is CCC[NH+](Cc1nnc(-c2ccco2)o1)[C@@H](C)C(=O)Nc1ccc(C#N)cc1. The molecule has 0 saturated carbocycles. The van der Waals surface area contributed by atoms with Crippen molar-refractivity contribution in [2.75, 3.05) is 11.9 Å². The second-order valence-corrected chi connectivity index (χ2v) is 6.46. The van der Waals surface area contributed by atoms with Gasteiger partial charge in [0.15, 0.2) is 18.3 Å². The van der Waals surface area contributed by atoms with Crippen molar-refractivity contribution in [2.24, 2.45) is 0 Å². The van der Waals surface area contributed by atoms with E-state index in [-0.39, 0.29) is 11.9 Å². The summed E-state index contributed by atoms with van der Waals surface area (Å²) >= 11 is 0. The van der Waals surface area contributed by atoms with Crippen molar-refractivity contribution in [3.63, 3.8) is 0 Å². The van der Waals surface area contributed by atoms with Gasteiger partial charge in [0.05, 0.1) is 24.4 Å². The first-order valence-corrected chi connectivity index (χ1v) is 9.12. The molecule has 0 radical (unpaired) electrons. The standard InChI is InChI=1S/C20H21N5O3/c1-3-10-25(13-18-23-24-20(28-18)17-5-4-11-27-17)14(2)19(26)22-16-8-6-15(12-21)7-9-16/h4-9,11,14H,3,10,13H2,1-2H3,(H,22,26)/p+1/t14-/m0/s1. The summed E-state index contributed by atoms with van der Waals surface area (Å²) in [6.07, 6.45) is 2.45. The fraction of sp³-hybridized carbons (Fsp3) is 0.300. The quantitative estimate of drug-likeness (QED) is 0.619. The van der Waals surface area contributed by atoms with E-state index in [9.17, 15) is 4.79 Å². The summed E-state index contributed by atoms with van der Waals surface area (Å²) in [6.45, 7) is 5.14. The Kier molecular flexibility index (Phi) is 6.19. The maximum atomic E-state index is 12.7. The number of anilines is 1. The third kappa shape index (κ3) is 4.64. The Labute approximate surface area is 162 Å². The summed E-state index contributed by atoms with van der Waals surface area (Å²) < 4.78 is 10.9. The highest BCUT2D eigenvalue weighted by molar-refractivity contribution is 5.93. The van der Waals surface area contributed by atoms with Gasteiger partial charge in [-0.15, -0.1) is 10.2 Å². The van der Waals surface area contributed by atoms with E-state index in [0.717, 1.165) is 17.9 Å². The highest BCUT2D eigenvalue weighted by Crippen LogP contribution is 2.17. The number of hydrogen-bond acceptors (Lipinski definition) is 6. The molecule has 0 fully saturated rings. The largest absolute Gasteiger partial charge is 0.459 e. The summed E-state index contributed by atoms with van der Waals surface area (Å²) in [5.41, 5.74) is 1.21. The molecule has 8 nitrogen and oxygen atoms in total. The summed E-state index contributed by atoms with van der Waals surface area (Å²) in [5.74, 6) is 1.18. The predicted octanol–water partition coefficient (Wildman–Crippen LogP) is 2.02. The Balaban J connectivity index is 1.66. The highest BCUT2D eigenvalue weighted by atomic mass is 16.4. The Hall–Kier alpha value is -3.44. The van der Waals surface area contributed by atoms with Gasteiger partial charge in [-0.3, -0.25) is 4.79 Å². The van der Waals surface area contributed by atoms with E-state index in [1.165, 1.54) is 0 Å². The Morgan fingerprint density at radius 3 is 2.71 bits per heavy atom. The van der Waals surface area contributed by atoms with Crippen molar-refractivity contribution in [3.05, 3.63) is 54.1 Å². The molecule has 1 amide bonds. The Bertz CT molecular complexity index is 941. The molecule has 0 aliphatic carbocycles. The smallest absolute Gasteiger partial charge is 0.283 e. The molecule has 1 unspecified atom stereocenters. The van der Waals surface area contributed by atoms with Crippen LogP contribution in [0.25, 0.3) is 11.7 Å². The van der Waals surface area contributed by atoms with Crippen LogP contribution < -0.4 is 10.2 Å². The van der Waals surface area contributed by atoms with Crippen LogP contribution in [0.5, 0.6) is 0 Å². The summed E-state index contributed by atoms with van der Waals surface area (Å²) in [6, 6.07) is 12.0. The maximum absolute atomic E-state index is 12.7. The first kappa shape index (κ1) is 19.3. The monoisotopic (exact) mass is 380 g/mol. The first-order valence-electron chi connectivity index (χ1n) is 9.12. The van der Waals surface area contributed by atoms with Gasteiger partial charge in [0.1, 0.15) is 0 Å². The number of quaternary nitrogens is 1. The van der Waals surface area contributed by atoms with Gasteiger partial charge in [-0.1, -0.05) is 6.92 Å². The van der Waals surface area contributed by atoms with Gasteiger partial charge in [-0.2, -0.15) is 5.26 Å². The Morgan fingerprint density at radius 1 is 1.29 bits per heavy atom. The molecule has 3 rings (SSSR count). The number of nitrogens with one attached hydrogen (secondary N) is 2. The Morgan fingerprint density at radius 2 is 2.07 bits per heavy atom.